The van der Waals surface area contributed by atoms with Gasteiger partial charge in [-0.1, -0.05) is 32.0 Å². The molecule has 0 aliphatic carbocycles. The molecule has 0 amide bonds. The largest absolute Gasteiger partial charge is 0.439 e. The van der Waals surface area contributed by atoms with E-state index in [0.717, 1.165) is 17.8 Å². The molecule has 166 valence electrons. The molecule has 32 heavy (non-hydrogen) atoms. The highest BCUT2D eigenvalue weighted by Crippen LogP contribution is 2.21. The highest BCUT2D eigenvalue weighted by molar-refractivity contribution is 5.81. The fourth-order valence-corrected chi connectivity index (χ4v) is 3.38. The lowest BCUT2D eigenvalue weighted by Crippen LogP contribution is -2.19. The number of nitrogens with two attached hydrogens (primary N) is 1. The Morgan fingerprint density at radius 1 is 1.12 bits per heavy atom. The van der Waals surface area contributed by atoms with Crippen LogP contribution >= 0.6 is 0 Å². The van der Waals surface area contributed by atoms with Crippen molar-refractivity contribution in [1.29, 1.82) is 0 Å². The monoisotopic (exact) mass is 433 g/mol. The minimum atomic E-state index is -0.279. The molecule has 9 heteroatoms. The first-order valence-corrected chi connectivity index (χ1v) is 10.5. The zero-order chi connectivity index (χ0) is 22.7. The minimum Gasteiger partial charge on any atom is -0.439 e. The Labute approximate surface area is 185 Å². The molecule has 0 atom stereocenters. The highest BCUT2D eigenvalue weighted by atomic mass is 16.5. The van der Waals surface area contributed by atoms with Crippen LogP contribution in [0.4, 0.5) is 5.82 Å². The third kappa shape index (κ3) is 4.94. The molecule has 0 aliphatic rings. The van der Waals surface area contributed by atoms with Gasteiger partial charge < -0.3 is 20.8 Å². The van der Waals surface area contributed by atoms with Crippen LogP contribution in [0, 0.1) is 12.8 Å². The number of rotatable bonds is 8. The van der Waals surface area contributed by atoms with Gasteiger partial charge in [-0.3, -0.25) is 4.57 Å². The Bertz CT molecular complexity index is 1280. The van der Waals surface area contributed by atoms with E-state index in [1.165, 1.54) is 0 Å². The topological polar surface area (TPSA) is 124 Å². The quantitative estimate of drug-likeness (QED) is 0.390. The van der Waals surface area contributed by atoms with Crippen LogP contribution < -0.4 is 21.5 Å². The molecule has 0 bridgehead atoms. The first-order valence-electron chi connectivity index (χ1n) is 10.5. The van der Waals surface area contributed by atoms with E-state index < -0.39 is 0 Å². The molecule has 0 fully saturated rings. The predicted octanol–water partition coefficient (Wildman–Crippen LogP) is 2.99. The van der Waals surface area contributed by atoms with E-state index in [4.69, 9.17) is 10.5 Å². The molecule has 4 aromatic rings. The summed E-state index contributed by atoms with van der Waals surface area (Å²) in [5.41, 5.74) is 8.43. The predicted molar refractivity (Wildman–Crippen MR) is 124 cm³/mol. The molecule has 0 saturated heterocycles. The summed E-state index contributed by atoms with van der Waals surface area (Å²) in [5.74, 6) is 2.57. The number of H-pyrrole nitrogens is 1. The summed E-state index contributed by atoms with van der Waals surface area (Å²) in [5, 5.41) is 3.38. The zero-order valence-corrected chi connectivity index (χ0v) is 18.4. The molecule has 3 heterocycles. The molecule has 0 aliphatic heterocycles. The lowest BCUT2D eigenvalue weighted by Gasteiger charge is -2.10. The van der Waals surface area contributed by atoms with Crippen molar-refractivity contribution in [2.45, 2.75) is 33.9 Å². The van der Waals surface area contributed by atoms with Crippen molar-refractivity contribution in [2.24, 2.45) is 5.92 Å². The van der Waals surface area contributed by atoms with E-state index in [-0.39, 0.29) is 11.5 Å². The van der Waals surface area contributed by atoms with Crippen LogP contribution in [-0.4, -0.2) is 31.0 Å². The van der Waals surface area contributed by atoms with Gasteiger partial charge in [0.05, 0.1) is 12.2 Å². The van der Waals surface area contributed by atoms with E-state index >= 15 is 0 Å². The summed E-state index contributed by atoms with van der Waals surface area (Å²) in [4.78, 5) is 28.2. The molecule has 4 N–H and O–H groups in total. The van der Waals surface area contributed by atoms with Crippen LogP contribution in [-0.2, 0) is 13.1 Å². The van der Waals surface area contributed by atoms with Gasteiger partial charge >= 0.3 is 5.69 Å². The Balaban J connectivity index is 1.46. The Morgan fingerprint density at radius 3 is 2.66 bits per heavy atom. The van der Waals surface area contributed by atoms with Gasteiger partial charge in [-0.25, -0.2) is 19.7 Å². The lowest BCUT2D eigenvalue weighted by molar-refractivity contribution is 0.458. The SMILES string of the molecule is Cc1nc(N)c2[nH]c(=O)n(Cc3ccc(Oc4cccc(CNCC(C)C)n4)cc3)c2n1. The number of aromatic amines is 1. The van der Waals surface area contributed by atoms with Gasteiger partial charge in [-0.15, -0.1) is 0 Å². The molecule has 9 nitrogen and oxygen atoms in total. The second-order valence-electron chi connectivity index (χ2n) is 8.11. The van der Waals surface area contributed by atoms with E-state index in [1.54, 1.807) is 11.5 Å². The van der Waals surface area contributed by atoms with Gasteiger partial charge in [0.2, 0.25) is 5.88 Å². The summed E-state index contributed by atoms with van der Waals surface area (Å²) >= 11 is 0. The number of aryl methyl sites for hydroxylation is 1. The van der Waals surface area contributed by atoms with Crippen LogP contribution in [0.5, 0.6) is 11.6 Å². The first kappa shape index (κ1) is 21.5. The van der Waals surface area contributed by atoms with Gasteiger partial charge in [-0.05, 0) is 43.1 Å². The molecule has 0 radical (unpaired) electrons. The number of nitrogens with one attached hydrogen (secondary N) is 2. The second kappa shape index (κ2) is 9.19. The number of hydrogen-bond donors (Lipinski definition) is 3. The Kier molecular flexibility index (Phi) is 6.18. The van der Waals surface area contributed by atoms with E-state index in [1.807, 2.05) is 42.5 Å². The number of ether oxygens (including phenoxy) is 1. The molecule has 4 rings (SSSR count). The van der Waals surface area contributed by atoms with E-state index in [2.05, 4.69) is 39.1 Å². The highest BCUT2D eigenvalue weighted by Gasteiger charge is 2.13. The van der Waals surface area contributed by atoms with Crippen molar-refractivity contribution in [3.63, 3.8) is 0 Å². The van der Waals surface area contributed by atoms with E-state index in [9.17, 15) is 4.79 Å². The third-order valence-electron chi connectivity index (χ3n) is 4.89. The third-order valence-corrected chi connectivity index (χ3v) is 4.89. The normalized spacial score (nSPS) is 11.4. The summed E-state index contributed by atoms with van der Waals surface area (Å²) in [6.45, 7) is 8.07. The number of nitrogens with zero attached hydrogens (tertiary/aromatic N) is 4. The summed E-state index contributed by atoms with van der Waals surface area (Å²) in [7, 11) is 0. The standard InChI is InChI=1S/C23H27N7O2/c1-14(2)11-25-12-17-5-4-6-19(28-17)32-18-9-7-16(8-10-18)13-30-22-20(29-23(30)31)21(24)26-15(3)27-22/h4-10,14,25H,11-13H2,1-3H3,(H,29,31)(H2,24,26,27). The smallest absolute Gasteiger partial charge is 0.328 e. The fourth-order valence-electron chi connectivity index (χ4n) is 3.38. The summed E-state index contributed by atoms with van der Waals surface area (Å²) < 4.78 is 7.46. The van der Waals surface area contributed by atoms with Crippen LogP contribution in [0.2, 0.25) is 0 Å². The molecule has 0 saturated carbocycles. The second-order valence-corrected chi connectivity index (χ2v) is 8.11. The van der Waals surface area contributed by atoms with Gasteiger partial charge in [0, 0.05) is 12.6 Å². The lowest BCUT2D eigenvalue weighted by atomic mass is 10.2. The van der Waals surface area contributed by atoms with Crippen molar-refractivity contribution in [1.82, 2.24) is 29.8 Å². The molecular weight excluding hydrogens is 406 g/mol. The van der Waals surface area contributed by atoms with Gasteiger partial charge in [0.25, 0.3) is 0 Å². The number of nitrogen functional groups attached to an aromatic ring is 1. The van der Waals surface area contributed by atoms with Crippen LogP contribution in [0.15, 0.2) is 47.3 Å². The Morgan fingerprint density at radius 2 is 1.91 bits per heavy atom. The zero-order valence-electron chi connectivity index (χ0n) is 18.4. The molecule has 3 aromatic heterocycles. The number of anilines is 1. The number of imidazole rings is 1. The summed E-state index contributed by atoms with van der Waals surface area (Å²) in [6, 6.07) is 13.3. The van der Waals surface area contributed by atoms with E-state index in [0.29, 0.717) is 47.6 Å². The van der Waals surface area contributed by atoms with Crippen molar-refractivity contribution in [3.05, 3.63) is 70.0 Å². The van der Waals surface area contributed by atoms with Gasteiger partial charge in [-0.2, -0.15) is 0 Å². The Hall–Kier alpha value is -3.72. The minimum absolute atomic E-state index is 0.265. The average Bonchev–Trinajstić information content (AvgIpc) is 3.05. The van der Waals surface area contributed by atoms with Crippen LogP contribution in [0.3, 0.4) is 0 Å². The maximum absolute atomic E-state index is 12.4. The average molecular weight is 434 g/mol. The number of benzene rings is 1. The van der Waals surface area contributed by atoms with Crippen LogP contribution in [0.25, 0.3) is 11.2 Å². The summed E-state index contributed by atoms with van der Waals surface area (Å²) in [6.07, 6.45) is 0. The molecule has 0 unspecified atom stereocenters. The number of aromatic nitrogens is 5. The first-order chi connectivity index (χ1) is 15.4. The van der Waals surface area contributed by atoms with Gasteiger partial charge in [0.15, 0.2) is 11.5 Å². The molecule has 0 spiro atoms. The maximum Gasteiger partial charge on any atom is 0.328 e. The van der Waals surface area contributed by atoms with Crippen LogP contribution in [0.1, 0.15) is 30.9 Å². The molecule has 1 aromatic carbocycles. The number of fused-ring (bicyclic) bond motifs is 1. The number of hydrogen-bond acceptors (Lipinski definition) is 7. The number of pyridine rings is 1. The van der Waals surface area contributed by atoms with Crippen molar-refractivity contribution in [3.8, 4) is 11.6 Å². The van der Waals surface area contributed by atoms with Gasteiger partial charge in [0.1, 0.15) is 17.1 Å². The van der Waals surface area contributed by atoms with Crippen molar-refractivity contribution in [2.75, 3.05) is 12.3 Å². The van der Waals surface area contributed by atoms with Crippen molar-refractivity contribution < 1.29 is 4.74 Å². The maximum atomic E-state index is 12.4. The fraction of sp³-hybridized carbons (Fsp3) is 0.304. The van der Waals surface area contributed by atoms with Crippen molar-refractivity contribution >= 4 is 17.0 Å². The molecular formula is C23H27N7O2.